The van der Waals surface area contributed by atoms with Crippen LogP contribution in [0.25, 0.3) is 10.6 Å². The van der Waals surface area contributed by atoms with Gasteiger partial charge in [0.1, 0.15) is 9.88 Å². The van der Waals surface area contributed by atoms with Gasteiger partial charge in [-0.2, -0.15) is 0 Å². The lowest BCUT2D eigenvalue weighted by molar-refractivity contribution is 0.0955. The minimum atomic E-state index is -3.24. The molecule has 0 unspecified atom stereocenters. The summed E-state index contributed by atoms with van der Waals surface area (Å²) in [5, 5.41) is 3.52. The number of amides is 1. The number of rotatable bonds is 5. The predicted molar refractivity (Wildman–Crippen MR) is 101 cm³/mol. The van der Waals surface area contributed by atoms with Gasteiger partial charge >= 0.3 is 0 Å². The van der Waals surface area contributed by atoms with E-state index in [1.54, 1.807) is 30.6 Å². The first-order chi connectivity index (χ1) is 12.3. The lowest BCUT2D eigenvalue weighted by Crippen LogP contribution is -2.22. The number of halogens is 1. The highest BCUT2D eigenvalue weighted by atomic mass is 35.5. The van der Waals surface area contributed by atoms with Crippen molar-refractivity contribution < 1.29 is 13.2 Å². The number of thiazole rings is 1. The molecule has 6 nitrogen and oxygen atoms in total. The second-order valence-corrected chi connectivity index (χ2v) is 8.85. The van der Waals surface area contributed by atoms with Crippen molar-refractivity contribution in [3.8, 4) is 10.6 Å². The van der Waals surface area contributed by atoms with Gasteiger partial charge in [-0.15, -0.1) is 11.3 Å². The topological polar surface area (TPSA) is 89.0 Å². The summed E-state index contributed by atoms with van der Waals surface area (Å²) in [5.41, 5.74) is 1.56. The van der Waals surface area contributed by atoms with E-state index in [9.17, 15) is 13.2 Å². The summed E-state index contributed by atoms with van der Waals surface area (Å²) < 4.78 is 22.9. The number of carbonyl (C=O) groups is 1. The molecule has 0 radical (unpaired) electrons. The smallest absolute Gasteiger partial charge is 0.264 e. The molecule has 9 heteroatoms. The Hall–Kier alpha value is -2.29. The summed E-state index contributed by atoms with van der Waals surface area (Å²) in [6, 6.07) is 9.96. The number of nitrogens with one attached hydrogen (secondary N) is 1. The minimum absolute atomic E-state index is 0.138. The average Bonchev–Trinajstić information content (AvgIpc) is 3.02. The molecule has 0 aliphatic heterocycles. The zero-order chi connectivity index (χ0) is 18.7. The molecule has 0 fully saturated rings. The molecule has 0 aliphatic rings. The van der Waals surface area contributed by atoms with Crippen molar-refractivity contribution in [3.63, 3.8) is 0 Å². The van der Waals surface area contributed by atoms with Crippen LogP contribution >= 0.6 is 22.9 Å². The molecule has 3 rings (SSSR count). The van der Waals surface area contributed by atoms with Gasteiger partial charge in [0.05, 0.1) is 4.90 Å². The van der Waals surface area contributed by atoms with Gasteiger partial charge in [-0.25, -0.2) is 13.4 Å². The monoisotopic (exact) mass is 407 g/mol. The van der Waals surface area contributed by atoms with Crippen LogP contribution in [0.2, 0.25) is 5.15 Å². The van der Waals surface area contributed by atoms with Crippen LogP contribution in [-0.2, 0) is 16.4 Å². The number of pyridine rings is 1. The highest BCUT2D eigenvalue weighted by Gasteiger charge is 2.17. The standard InChI is InChI=1S/C17H14ClN3O3S2/c1-26(23,24)13-6-4-11(5-7-13)9-20-16(22)14-15(18)21-17(25-14)12-3-2-8-19-10-12/h2-8,10H,9H2,1H3,(H,20,22). The normalized spacial score (nSPS) is 11.3. The predicted octanol–water partition coefficient (Wildman–Crippen LogP) is 3.19. The van der Waals surface area contributed by atoms with E-state index in [2.05, 4.69) is 15.3 Å². The van der Waals surface area contributed by atoms with Crippen LogP contribution in [0.4, 0.5) is 0 Å². The third-order valence-electron chi connectivity index (χ3n) is 3.51. The Balaban J connectivity index is 1.70. The molecule has 2 aromatic heterocycles. The molecular weight excluding hydrogens is 394 g/mol. The number of carbonyl (C=O) groups excluding carboxylic acids is 1. The van der Waals surface area contributed by atoms with Crippen LogP contribution in [0.15, 0.2) is 53.7 Å². The van der Waals surface area contributed by atoms with Gasteiger partial charge in [0.15, 0.2) is 15.0 Å². The van der Waals surface area contributed by atoms with Crippen LogP contribution in [0.1, 0.15) is 15.2 Å². The highest BCUT2D eigenvalue weighted by molar-refractivity contribution is 7.90. The van der Waals surface area contributed by atoms with E-state index in [1.807, 2.05) is 6.07 Å². The van der Waals surface area contributed by atoms with E-state index in [-0.39, 0.29) is 22.5 Å². The minimum Gasteiger partial charge on any atom is -0.347 e. The fourth-order valence-corrected chi connectivity index (χ4v) is 4.00. The van der Waals surface area contributed by atoms with Gasteiger partial charge in [-0.05, 0) is 29.8 Å². The van der Waals surface area contributed by atoms with Crippen molar-refractivity contribution in [2.75, 3.05) is 6.26 Å². The van der Waals surface area contributed by atoms with Gasteiger partial charge < -0.3 is 5.32 Å². The summed E-state index contributed by atoms with van der Waals surface area (Å²) in [7, 11) is -3.24. The first-order valence-electron chi connectivity index (χ1n) is 7.48. The fourth-order valence-electron chi connectivity index (χ4n) is 2.17. The number of aromatic nitrogens is 2. The average molecular weight is 408 g/mol. The molecule has 1 aromatic carbocycles. The lowest BCUT2D eigenvalue weighted by Gasteiger charge is -2.05. The Kier molecular flexibility index (Phi) is 5.36. The van der Waals surface area contributed by atoms with Crippen LogP contribution < -0.4 is 5.32 Å². The lowest BCUT2D eigenvalue weighted by atomic mass is 10.2. The number of nitrogens with zero attached hydrogens (tertiary/aromatic N) is 2. The van der Waals surface area contributed by atoms with E-state index >= 15 is 0 Å². The van der Waals surface area contributed by atoms with E-state index in [1.165, 1.54) is 23.5 Å². The fraction of sp³-hybridized carbons (Fsp3) is 0.118. The Labute approximate surface area is 159 Å². The zero-order valence-electron chi connectivity index (χ0n) is 13.6. The Morgan fingerprint density at radius 1 is 1.23 bits per heavy atom. The summed E-state index contributed by atoms with van der Waals surface area (Å²) in [6.07, 6.45) is 4.46. The van der Waals surface area contributed by atoms with Crippen molar-refractivity contribution in [3.05, 3.63) is 64.4 Å². The zero-order valence-corrected chi connectivity index (χ0v) is 16.0. The van der Waals surface area contributed by atoms with Gasteiger partial charge in [0.25, 0.3) is 5.91 Å². The number of hydrogen-bond acceptors (Lipinski definition) is 6. The molecule has 1 N–H and O–H groups in total. The van der Waals surface area contributed by atoms with Gasteiger partial charge in [-0.3, -0.25) is 9.78 Å². The Morgan fingerprint density at radius 3 is 2.58 bits per heavy atom. The van der Waals surface area contributed by atoms with Gasteiger partial charge in [0.2, 0.25) is 0 Å². The van der Waals surface area contributed by atoms with Crippen molar-refractivity contribution in [1.82, 2.24) is 15.3 Å². The van der Waals surface area contributed by atoms with Crippen molar-refractivity contribution in [1.29, 1.82) is 0 Å². The summed E-state index contributed by atoms with van der Waals surface area (Å²) >= 11 is 7.28. The maximum absolute atomic E-state index is 12.4. The molecule has 0 saturated heterocycles. The largest absolute Gasteiger partial charge is 0.347 e. The van der Waals surface area contributed by atoms with Crippen molar-refractivity contribution in [2.24, 2.45) is 0 Å². The second kappa shape index (κ2) is 7.53. The van der Waals surface area contributed by atoms with E-state index in [4.69, 9.17) is 11.6 Å². The second-order valence-electron chi connectivity index (χ2n) is 5.48. The number of benzene rings is 1. The van der Waals surface area contributed by atoms with Crippen LogP contribution in [-0.4, -0.2) is 30.5 Å². The summed E-state index contributed by atoms with van der Waals surface area (Å²) in [5.74, 6) is -0.338. The molecule has 0 atom stereocenters. The van der Waals surface area contributed by atoms with E-state index in [0.717, 1.165) is 17.4 Å². The van der Waals surface area contributed by atoms with Crippen molar-refractivity contribution in [2.45, 2.75) is 11.4 Å². The highest BCUT2D eigenvalue weighted by Crippen LogP contribution is 2.30. The molecule has 2 heterocycles. The maximum atomic E-state index is 12.4. The maximum Gasteiger partial charge on any atom is 0.264 e. The molecule has 0 saturated carbocycles. The molecule has 0 aliphatic carbocycles. The number of sulfone groups is 1. The third-order valence-corrected chi connectivity index (χ3v) is 6.12. The Morgan fingerprint density at radius 2 is 1.96 bits per heavy atom. The molecule has 26 heavy (non-hydrogen) atoms. The van der Waals surface area contributed by atoms with Gasteiger partial charge in [0, 0.05) is 30.8 Å². The summed E-state index contributed by atoms with van der Waals surface area (Å²) in [6.45, 7) is 0.249. The van der Waals surface area contributed by atoms with Crippen LogP contribution in [0.5, 0.6) is 0 Å². The SMILES string of the molecule is CS(=O)(=O)c1ccc(CNC(=O)c2sc(-c3cccnc3)nc2Cl)cc1. The molecule has 0 bridgehead atoms. The molecular formula is C17H14ClN3O3S2. The van der Waals surface area contributed by atoms with Crippen LogP contribution in [0, 0.1) is 0 Å². The first-order valence-corrected chi connectivity index (χ1v) is 10.6. The van der Waals surface area contributed by atoms with E-state index < -0.39 is 9.84 Å². The summed E-state index contributed by atoms with van der Waals surface area (Å²) in [4.78, 5) is 21.2. The third kappa shape index (κ3) is 4.27. The molecule has 1 amide bonds. The van der Waals surface area contributed by atoms with Gasteiger partial charge in [-0.1, -0.05) is 23.7 Å². The van der Waals surface area contributed by atoms with Crippen molar-refractivity contribution >= 4 is 38.7 Å². The molecule has 3 aromatic rings. The Bertz CT molecular complexity index is 1030. The quantitative estimate of drug-likeness (QED) is 0.701. The molecule has 134 valence electrons. The first kappa shape index (κ1) is 18.5. The van der Waals surface area contributed by atoms with E-state index in [0.29, 0.717) is 9.88 Å². The molecule has 0 spiro atoms. The van der Waals surface area contributed by atoms with Crippen LogP contribution in [0.3, 0.4) is 0 Å². The number of hydrogen-bond donors (Lipinski definition) is 1.